The summed E-state index contributed by atoms with van der Waals surface area (Å²) in [7, 11) is -7.73. The predicted octanol–water partition coefficient (Wildman–Crippen LogP) is 3.21. The molecule has 1 aromatic carbocycles. The van der Waals surface area contributed by atoms with Crippen LogP contribution < -0.4 is 16.4 Å². The molecule has 4 heterocycles. The number of piperazine rings is 1. The summed E-state index contributed by atoms with van der Waals surface area (Å²) in [6.07, 6.45) is 1.78. The highest BCUT2D eigenvalue weighted by Crippen LogP contribution is 2.54. The molecular formula is C32H45N10O8PS2. The van der Waals surface area contributed by atoms with Crippen molar-refractivity contribution < 1.29 is 36.4 Å². The van der Waals surface area contributed by atoms with Crippen LogP contribution in [0.25, 0.3) is 21.4 Å². The third-order valence-electron chi connectivity index (χ3n) is 7.51. The molecule has 18 nitrogen and oxygen atoms in total. The zero-order valence-electron chi connectivity index (χ0n) is 30.5. The lowest BCUT2D eigenvalue weighted by molar-refractivity contribution is -0.142. The van der Waals surface area contributed by atoms with E-state index in [0.717, 1.165) is 15.6 Å². The normalized spacial score (nSPS) is 14.6. The van der Waals surface area contributed by atoms with Gasteiger partial charge in [-0.1, -0.05) is 12.1 Å². The lowest BCUT2D eigenvalue weighted by Crippen LogP contribution is -2.54. The number of rotatable bonds is 14. The summed E-state index contributed by atoms with van der Waals surface area (Å²) in [5, 5.41) is 5.85. The summed E-state index contributed by atoms with van der Waals surface area (Å²) in [5.41, 5.74) is 5.78. The number of nitrogens with two attached hydrogens (primary N) is 1. The van der Waals surface area contributed by atoms with Crippen LogP contribution in [0.2, 0.25) is 0 Å². The SMILES string of the molecule is CC(C)(C)OP(=O)(CCC(=O)NCCCNc1nc(N)c2ncn(CC(=O)N3CCN(S(=O)(=O)c4nc5ccccc5s4)C(=O)C3)c2n1)OC(C)(C)C. The zero-order valence-corrected chi connectivity index (χ0v) is 33.0. The van der Waals surface area contributed by atoms with Gasteiger partial charge in [-0.25, -0.2) is 14.3 Å². The molecule has 4 aromatic rings. The molecule has 0 radical (unpaired) electrons. The van der Waals surface area contributed by atoms with E-state index in [2.05, 4.69) is 30.6 Å². The van der Waals surface area contributed by atoms with E-state index >= 15 is 0 Å². The number of aromatic nitrogens is 5. The van der Waals surface area contributed by atoms with Crippen LogP contribution >= 0.6 is 18.9 Å². The first-order valence-electron chi connectivity index (χ1n) is 16.9. The van der Waals surface area contributed by atoms with E-state index in [1.807, 2.05) is 0 Å². The number of hydrogen-bond acceptors (Lipinski definition) is 15. The van der Waals surface area contributed by atoms with E-state index in [1.54, 1.807) is 65.8 Å². The number of carbonyl (C=O) groups is 3. The summed E-state index contributed by atoms with van der Waals surface area (Å²) >= 11 is 0.982. The maximum Gasteiger partial charge on any atom is 0.332 e. The van der Waals surface area contributed by atoms with Crippen LogP contribution in [0.4, 0.5) is 11.8 Å². The average Bonchev–Trinajstić information content (AvgIpc) is 3.67. The number of thiazole rings is 1. The van der Waals surface area contributed by atoms with Crippen molar-refractivity contribution in [3.8, 4) is 0 Å². The molecule has 288 valence electrons. The van der Waals surface area contributed by atoms with Crippen molar-refractivity contribution in [3.63, 3.8) is 0 Å². The van der Waals surface area contributed by atoms with Gasteiger partial charge in [-0.3, -0.25) is 18.9 Å². The Kier molecular flexibility index (Phi) is 11.8. The molecule has 0 aliphatic carbocycles. The van der Waals surface area contributed by atoms with Crippen molar-refractivity contribution in [3.05, 3.63) is 30.6 Å². The number of hydrogen-bond donors (Lipinski definition) is 3. The van der Waals surface area contributed by atoms with Gasteiger partial charge >= 0.3 is 7.60 Å². The Morgan fingerprint density at radius 2 is 1.72 bits per heavy atom. The average molecular weight is 793 g/mol. The molecule has 0 bridgehead atoms. The first-order chi connectivity index (χ1) is 24.7. The second-order valence-corrected chi connectivity index (χ2v) is 19.4. The molecule has 1 aliphatic heterocycles. The van der Waals surface area contributed by atoms with Crippen molar-refractivity contribution in [1.29, 1.82) is 0 Å². The number of benzene rings is 1. The zero-order chi connectivity index (χ0) is 38.8. The van der Waals surface area contributed by atoms with Crippen molar-refractivity contribution >= 4 is 79.8 Å². The van der Waals surface area contributed by atoms with Gasteiger partial charge in [0.15, 0.2) is 11.5 Å². The Morgan fingerprint density at radius 3 is 2.38 bits per heavy atom. The van der Waals surface area contributed by atoms with Crippen molar-refractivity contribution in [2.75, 3.05) is 49.9 Å². The Hall–Kier alpha value is -4.23. The van der Waals surface area contributed by atoms with Crippen LogP contribution in [-0.4, -0.2) is 110 Å². The third kappa shape index (κ3) is 10.3. The number of nitrogens with one attached hydrogen (secondary N) is 2. The molecule has 53 heavy (non-hydrogen) atoms. The highest BCUT2D eigenvalue weighted by Gasteiger charge is 2.38. The molecule has 21 heteroatoms. The summed E-state index contributed by atoms with van der Waals surface area (Å²) < 4.78 is 54.1. The second kappa shape index (κ2) is 15.6. The molecule has 1 fully saturated rings. The van der Waals surface area contributed by atoms with Gasteiger partial charge < -0.3 is 34.9 Å². The number of para-hydroxylation sites is 1. The number of carbonyl (C=O) groups excluding carboxylic acids is 3. The van der Waals surface area contributed by atoms with E-state index in [4.69, 9.17) is 14.8 Å². The van der Waals surface area contributed by atoms with E-state index in [1.165, 1.54) is 15.8 Å². The molecule has 3 amide bonds. The second-order valence-electron chi connectivity index (χ2n) is 14.3. The van der Waals surface area contributed by atoms with Gasteiger partial charge in [0, 0.05) is 26.1 Å². The van der Waals surface area contributed by atoms with Gasteiger partial charge in [-0.05, 0) is 60.1 Å². The lowest BCUT2D eigenvalue weighted by Gasteiger charge is -2.33. The van der Waals surface area contributed by atoms with Gasteiger partial charge in [-0.15, -0.1) is 11.3 Å². The smallest absolute Gasteiger partial charge is 0.332 e. The summed E-state index contributed by atoms with van der Waals surface area (Å²) in [5.74, 6) is -1.21. The fraction of sp³-hybridized carbons (Fsp3) is 0.531. The molecule has 5 rings (SSSR count). The quantitative estimate of drug-likeness (QED) is 0.123. The molecule has 1 saturated heterocycles. The summed E-state index contributed by atoms with van der Waals surface area (Å²) in [6.45, 7) is 10.5. The summed E-state index contributed by atoms with van der Waals surface area (Å²) in [4.78, 5) is 57.3. The van der Waals surface area contributed by atoms with Crippen LogP contribution in [0.3, 0.4) is 0 Å². The molecule has 4 N–H and O–H groups in total. The monoisotopic (exact) mass is 792 g/mol. The topological polar surface area (TPSA) is 234 Å². The van der Waals surface area contributed by atoms with E-state index in [-0.39, 0.29) is 65.4 Å². The Labute approximate surface area is 311 Å². The minimum atomic E-state index is -4.19. The van der Waals surface area contributed by atoms with Crippen LogP contribution in [-0.2, 0) is 44.6 Å². The Balaban J connectivity index is 1.12. The number of fused-ring (bicyclic) bond motifs is 2. The fourth-order valence-electron chi connectivity index (χ4n) is 5.37. The molecule has 3 aromatic heterocycles. The number of amides is 3. The summed E-state index contributed by atoms with van der Waals surface area (Å²) in [6, 6.07) is 6.98. The van der Waals surface area contributed by atoms with E-state index < -0.39 is 47.2 Å². The Bertz CT molecular complexity index is 2110. The van der Waals surface area contributed by atoms with Crippen LogP contribution in [0, 0.1) is 0 Å². The Morgan fingerprint density at radius 1 is 1.02 bits per heavy atom. The highest BCUT2D eigenvalue weighted by atomic mass is 32.2. The number of anilines is 2. The van der Waals surface area contributed by atoms with Crippen LogP contribution in [0.5, 0.6) is 0 Å². The lowest BCUT2D eigenvalue weighted by atomic mass is 10.2. The molecule has 0 atom stereocenters. The largest absolute Gasteiger partial charge is 0.382 e. The predicted molar refractivity (Wildman–Crippen MR) is 200 cm³/mol. The molecule has 1 aliphatic rings. The fourth-order valence-corrected chi connectivity index (χ4v) is 10.4. The maximum absolute atomic E-state index is 13.4. The van der Waals surface area contributed by atoms with E-state index in [9.17, 15) is 27.4 Å². The number of nitrogen functional groups attached to an aromatic ring is 1. The van der Waals surface area contributed by atoms with Gasteiger partial charge in [-0.2, -0.15) is 18.4 Å². The van der Waals surface area contributed by atoms with Gasteiger partial charge in [0.2, 0.25) is 22.1 Å². The van der Waals surface area contributed by atoms with Crippen molar-refractivity contribution in [2.45, 2.75) is 76.5 Å². The highest BCUT2D eigenvalue weighted by molar-refractivity contribution is 7.91. The van der Waals surface area contributed by atoms with Gasteiger partial charge in [0.1, 0.15) is 18.6 Å². The van der Waals surface area contributed by atoms with Gasteiger partial charge in [0.25, 0.3) is 15.9 Å². The van der Waals surface area contributed by atoms with Gasteiger partial charge in [0.05, 0.1) is 40.5 Å². The minimum absolute atomic E-state index is 0.00347. The first kappa shape index (κ1) is 40.0. The molecule has 0 unspecified atom stereocenters. The maximum atomic E-state index is 13.4. The first-order valence-corrected chi connectivity index (χ1v) is 20.9. The van der Waals surface area contributed by atoms with E-state index in [0.29, 0.717) is 29.7 Å². The number of imidazole rings is 1. The number of sulfonamides is 1. The van der Waals surface area contributed by atoms with Crippen LogP contribution in [0.1, 0.15) is 54.4 Å². The third-order valence-corrected chi connectivity index (χ3v) is 13.1. The molecule has 0 spiro atoms. The molecule has 0 saturated carbocycles. The van der Waals surface area contributed by atoms with Crippen LogP contribution in [0.15, 0.2) is 34.9 Å². The standard InChI is InChI=1S/C32H45N10O8PS2/c1-31(2,3)49-51(46,50-32(4,5)6)17-12-23(43)34-13-9-14-35-29-38-27(33)26-28(39-29)41(20-36-26)18-24(44)40-15-16-42(25(45)19-40)53(47,48)30-37-21-10-7-8-11-22(21)52-30/h7-8,10-11,20H,9,12-19H2,1-6H3,(H,34,43)(H3,33,35,38,39). The minimum Gasteiger partial charge on any atom is -0.382 e. The number of nitrogens with zero attached hydrogens (tertiary/aromatic N) is 7. The van der Waals surface area contributed by atoms with Crippen molar-refractivity contribution in [2.24, 2.45) is 0 Å². The van der Waals surface area contributed by atoms with Crippen molar-refractivity contribution in [1.82, 2.24) is 39.0 Å². The molecular weight excluding hydrogens is 748 g/mol.